The number of hydrogen-bond acceptors (Lipinski definition) is 3. The molecule has 0 saturated carbocycles. The van der Waals surface area contributed by atoms with Gasteiger partial charge in [-0.2, -0.15) is 11.8 Å². The van der Waals surface area contributed by atoms with Crippen molar-refractivity contribution >= 4 is 11.8 Å². The minimum absolute atomic E-state index is 0.357. The first-order valence-electron chi connectivity index (χ1n) is 4.65. The van der Waals surface area contributed by atoms with Crippen LogP contribution in [0.5, 0.6) is 0 Å². The van der Waals surface area contributed by atoms with Crippen LogP contribution < -0.4 is 5.73 Å². The Balaban J connectivity index is 2.06. The fourth-order valence-electron chi connectivity index (χ4n) is 1.37. The van der Waals surface area contributed by atoms with Crippen molar-refractivity contribution in [1.82, 2.24) is 0 Å². The minimum atomic E-state index is 0.357. The van der Waals surface area contributed by atoms with Crippen LogP contribution in [0.15, 0.2) is 0 Å². The molecule has 1 aliphatic heterocycles. The third kappa shape index (κ3) is 3.33. The molecule has 1 aliphatic rings. The molecule has 2 nitrogen and oxygen atoms in total. The van der Waals surface area contributed by atoms with Gasteiger partial charge in [0, 0.05) is 18.4 Å². The van der Waals surface area contributed by atoms with E-state index in [2.05, 4.69) is 13.8 Å². The first-order chi connectivity index (χ1) is 5.70. The van der Waals surface area contributed by atoms with Gasteiger partial charge in [0.2, 0.25) is 0 Å². The van der Waals surface area contributed by atoms with E-state index in [-0.39, 0.29) is 0 Å². The average Bonchev–Trinajstić information content (AvgIpc) is 2.36. The highest BCUT2D eigenvalue weighted by atomic mass is 32.2. The number of nitrogens with two attached hydrogens (primary N) is 1. The van der Waals surface area contributed by atoms with E-state index in [9.17, 15) is 0 Å². The topological polar surface area (TPSA) is 35.2 Å². The second-order valence-electron chi connectivity index (χ2n) is 3.67. The second kappa shape index (κ2) is 5.10. The fourth-order valence-corrected chi connectivity index (χ4v) is 2.76. The molecule has 0 aromatic heterocycles. The molecular formula is C9H19NOS. The minimum Gasteiger partial charge on any atom is -0.379 e. The highest BCUT2D eigenvalue weighted by molar-refractivity contribution is 7.99. The molecule has 1 fully saturated rings. The number of ether oxygens (including phenoxy) is 1. The van der Waals surface area contributed by atoms with E-state index in [1.165, 1.54) is 5.75 Å². The Hall–Kier alpha value is 0.270. The summed E-state index contributed by atoms with van der Waals surface area (Å²) in [5, 5.41) is 0. The maximum atomic E-state index is 5.92. The summed E-state index contributed by atoms with van der Waals surface area (Å²) in [6, 6.07) is 0.408. The highest BCUT2D eigenvalue weighted by Gasteiger charge is 2.23. The first-order valence-corrected chi connectivity index (χ1v) is 5.80. The predicted octanol–water partition coefficient (Wildman–Crippen LogP) is 1.49. The third-order valence-electron chi connectivity index (χ3n) is 2.19. The first kappa shape index (κ1) is 10.4. The molecule has 0 radical (unpaired) electrons. The lowest BCUT2D eigenvalue weighted by atomic mass is 10.0. The van der Waals surface area contributed by atoms with Crippen LogP contribution in [0.3, 0.4) is 0 Å². The molecule has 3 heteroatoms. The van der Waals surface area contributed by atoms with Crippen LogP contribution in [0.1, 0.15) is 20.3 Å². The zero-order valence-electron chi connectivity index (χ0n) is 7.95. The van der Waals surface area contributed by atoms with Crippen LogP contribution in [0.2, 0.25) is 0 Å². The Morgan fingerprint density at radius 3 is 2.75 bits per heavy atom. The van der Waals surface area contributed by atoms with Gasteiger partial charge in [-0.15, -0.1) is 0 Å². The molecule has 0 aromatic rings. The lowest BCUT2D eigenvalue weighted by molar-refractivity contribution is 0.0691. The lowest BCUT2D eigenvalue weighted by Gasteiger charge is -2.15. The van der Waals surface area contributed by atoms with Crippen LogP contribution in [-0.4, -0.2) is 30.3 Å². The van der Waals surface area contributed by atoms with Crippen LogP contribution in [-0.2, 0) is 4.74 Å². The zero-order valence-corrected chi connectivity index (χ0v) is 8.77. The van der Waals surface area contributed by atoms with Gasteiger partial charge in [0.05, 0.1) is 6.10 Å². The van der Waals surface area contributed by atoms with Gasteiger partial charge in [-0.3, -0.25) is 0 Å². The summed E-state index contributed by atoms with van der Waals surface area (Å²) in [4.78, 5) is 0. The predicted molar refractivity (Wildman–Crippen MR) is 54.5 cm³/mol. The normalized spacial score (nSPS) is 30.0. The monoisotopic (exact) mass is 189 g/mol. The van der Waals surface area contributed by atoms with Crippen molar-refractivity contribution in [3.63, 3.8) is 0 Å². The van der Waals surface area contributed by atoms with Crippen molar-refractivity contribution in [1.29, 1.82) is 0 Å². The van der Waals surface area contributed by atoms with E-state index in [0.29, 0.717) is 18.1 Å². The molecular weight excluding hydrogens is 170 g/mol. The molecule has 12 heavy (non-hydrogen) atoms. The largest absolute Gasteiger partial charge is 0.379 e. The number of rotatable bonds is 4. The molecule has 2 unspecified atom stereocenters. The van der Waals surface area contributed by atoms with E-state index < -0.39 is 0 Å². The molecule has 0 bridgehead atoms. The Morgan fingerprint density at radius 1 is 1.50 bits per heavy atom. The van der Waals surface area contributed by atoms with E-state index in [4.69, 9.17) is 10.5 Å². The number of hydrogen-bond donors (Lipinski definition) is 1. The summed E-state index contributed by atoms with van der Waals surface area (Å²) in [7, 11) is 0. The fraction of sp³-hybridized carbons (Fsp3) is 1.00. The molecule has 0 amide bonds. The van der Waals surface area contributed by atoms with Crippen molar-refractivity contribution in [2.75, 3.05) is 18.1 Å². The molecule has 0 aromatic carbocycles. The second-order valence-corrected chi connectivity index (χ2v) is 4.74. The Morgan fingerprint density at radius 2 is 2.25 bits per heavy atom. The van der Waals surface area contributed by atoms with Gasteiger partial charge in [-0.1, -0.05) is 0 Å². The molecule has 1 saturated heterocycles. The van der Waals surface area contributed by atoms with Crippen LogP contribution in [0.25, 0.3) is 0 Å². The maximum absolute atomic E-state index is 5.92. The van der Waals surface area contributed by atoms with E-state index in [0.717, 1.165) is 18.8 Å². The van der Waals surface area contributed by atoms with E-state index in [1.807, 2.05) is 11.8 Å². The molecule has 72 valence electrons. The third-order valence-corrected chi connectivity index (χ3v) is 3.47. The average molecular weight is 189 g/mol. The van der Waals surface area contributed by atoms with Gasteiger partial charge < -0.3 is 10.5 Å². The quantitative estimate of drug-likeness (QED) is 0.728. The molecule has 1 rings (SSSR count). The summed E-state index contributed by atoms with van der Waals surface area (Å²) in [6.45, 7) is 5.02. The molecule has 0 spiro atoms. The van der Waals surface area contributed by atoms with Crippen molar-refractivity contribution in [3.05, 3.63) is 0 Å². The van der Waals surface area contributed by atoms with Crippen molar-refractivity contribution in [2.45, 2.75) is 32.4 Å². The smallest absolute Gasteiger partial charge is 0.0518 e. The lowest BCUT2D eigenvalue weighted by Crippen LogP contribution is -2.29. The maximum Gasteiger partial charge on any atom is 0.0518 e. The molecule has 0 aliphatic carbocycles. The summed E-state index contributed by atoms with van der Waals surface area (Å²) in [5.74, 6) is 3.04. The van der Waals surface area contributed by atoms with Crippen LogP contribution >= 0.6 is 11.8 Å². The Kier molecular flexibility index (Phi) is 4.40. The summed E-state index contributed by atoms with van der Waals surface area (Å²) < 4.78 is 5.49. The van der Waals surface area contributed by atoms with Gasteiger partial charge in [0.25, 0.3) is 0 Å². The zero-order chi connectivity index (χ0) is 8.97. The standard InChI is InChI=1S/C9H19NOS/c1-7(2)11-4-3-8-5-12-6-9(8)10/h7-9H,3-6,10H2,1-2H3. The Bertz CT molecular complexity index is 130. The molecule has 2 atom stereocenters. The van der Waals surface area contributed by atoms with Gasteiger partial charge in [-0.25, -0.2) is 0 Å². The SMILES string of the molecule is CC(C)OCCC1CSCC1N. The van der Waals surface area contributed by atoms with Gasteiger partial charge in [-0.05, 0) is 31.9 Å². The molecule has 2 N–H and O–H groups in total. The van der Waals surface area contributed by atoms with Crippen molar-refractivity contribution < 1.29 is 4.74 Å². The highest BCUT2D eigenvalue weighted by Crippen LogP contribution is 2.25. The van der Waals surface area contributed by atoms with Gasteiger partial charge >= 0.3 is 0 Å². The van der Waals surface area contributed by atoms with Gasteiger partial charge in [0.1, 0.15) is 0 Å². The number of thioether (sulfide) groups is 1. The van der Waals surface area contributed by atoms with Crippen molar-refractivity contribution in [3.8, 4) is 0 Å². The van der Waals surface area contributed by atoms with Gasteiger partial charge in [0.15, 0.2) is 0 Å². The summed E-state index contributed by atoms with van der Waals surface area (Å²) in [5.41, 5.74) is 5.92. The summed E-state index contributed by atoms with van der Waals surface area (Å²) >= 11 is 1.97. The van der Waals surface area contributed by atoms with Crippen molar-refractivity contribution in [2.24, 2.45) is 11.7 Å². The van der Waals surface area contributed by atoms with E-state index in [1.54, 1.807) is 0 Å². The Labute approximate surface area is 79.2 Å². The van der Waals surface area contributed by atoms with E-state index >= 15 is 0 Å². The van der Waals surface area contributed by atoms with Crippen LogP contribution in [0.4, 0.5) is 0 Å². The van der Waals surface area contributed by atoms with Crippen LogP contribution in [0, 0.1) is 5.92 Å². The summed E-state index contributed by atoms with van der Waals surface area (Å²) in [6.07, 6.45) is 1.49. The molecule has 1 heterocycles.